The van der Waals surface area contributed by atoms with E-state index in [-0.39, 0.29) is 6.04 Å². The van der Waals surface area contributed by atoms with E-state index in [2.05, 4.69) is 35.7 Å². The van der Waals surface area contributed by atoms with Crippen molar-refractivity contribution < 1.29 is 0 Å². The van der Waals surface area contributed by atoms with E-state index in [4.69, 9.17) is 5.73 Å². The molecule has 1 aromatic heterocycles. The Balaban J connectivity index is 1.86. The molecule has 2 rings (SSSR count). The van der Waals surface area contributed by atoms with Crippen LogP contribution >= 0.6 is 11.8 Å². The molecule has 1 saturated heterocycles. The molecule has 1 unspecified atom stereocenters. The average molecular weight is 268 g/mol. The van der Waals surface area contributed by atoms with Gasteiger partial charge < -0.3 is 5.73 Å². The predicted molar refractivity (Wildman–Crippen MR) is 76.8 cm³/mol. The number of rotatable bonds is 5. The monoisotopic (exact) mass is 268 g/mol. The summed E-state index contributed by atoms with van der Waals surface area (Å²) < 4.78 is 1.98. The Morgan fingerprint density at radius 3 is 2.83 bits per heavy atom. The second-order valence-electron chi connectivity index (χ2n) is 5.47. The first-order chi connectivity index (χ1) is 8.66. The summed E-state index contributed by atoms with van der Waals surface area (Å²) in [5, 5.41) is 4.26. The molecule has 2 N–H and O–H groups in total. The van der Waals surface area contributed by atoms with Crippen LogP contribution in [0, 0.1) is 5.92 Å². The highest BCUT2D eigenvalue weighted by molar-refractivity contribution is 7.99. The summed E-state index contributed by atoms with van der Waals surface area (Å²) in [6.45, 7) is 4.25. The Morgan fingerprint density at radius 2 is 2.17 bits per heavy atom. The fraction of sp³-hybridized carbons (Fsp3) is 0.846. The molecule has 2 heterocycles. The van der Waals surface area contributed by atoms with Gasteiger partial charge in [-0.1, -0.05) is 0 Å². The van der Waals surface area contributed by atoms with Gasteiger partial charge in [0.25, 0.3) is 0 Å². The fourth-order valence-electron chi connectivity index (χ4n) is 2.58. The number of hydrogen-bond acceptors (Lipinski definition) is 4. The minimum Gasteiger partial charge on any atom is -0.327 e. The van der Waals surface area contributed by atoms with Gasteiger partial charge in [0.05, 0.1) is 0 Å². The molecule has 0 aromatic carbocycles. The highest BCUT2D eigenvalue weighted by Crippen LogP contribution is 2.26. The normalized spacial score (nSPS) is 19.3. The van der Waals surface area contributed by atoms with E-state index in [1.54, 1.807) is 6.33 Å². The molecule has 0 aliphatic carbocycles. The summed E-state index contributed by atoms with van der Waals surface area (Å²) in [4.78, 5) is 4.34. The van der Waals surface area contributed by atoms with Gasteiger partial charge in [-0.25, -0.2) is 9.67 Å². The summed E-state index contributed by atoms with van der Waals surface area (Å²) in [5.41, 5.74) is 6.28. The first-order valence-corrected chi connectivity index (χ1v) is 8.04. The second-order valence-corrected chi connectivity index (χ2v) is 6.69. The Morgan fingerprint density at radius 1 is 1.44 bits per heavy atom. The summed E-state index contributed by atoms with van der Waals surface area (Å²) in [6, 6.07) is 0.584. The summed E-state index contributed by atoms with van der Waals surface area (Å²) >= 11 is 2.07. The number of thioether (sulfide) groups is 1. The third-order valence-electron chi connectivity index (χ3n) is 3.56. The molecular weight excluding hydrogens is 244 g/mol. The minimum absolute atomic E-state index is 0.222. The van der Waals surface area contributed by atoms with Crippen LogP contribution in [-0.4, -0.2) is 32.3 Å². The zero-order valence-corrected chi connectivity index (χ0v) is 12.2. The number of nitrogens with two attached hydrogens (primary N) is 1. The molecule has 4 nitrogen and oxygen atoms in total. The molecule has 5 heteroatoms. The van der Waals surface area contributed by atoms with Crippen LogP contribution in [0.4, 0.5) is 0 Å². The number of nitrogens with zero attached hydrogens (tertiary/aromatic N) is 3. The molecule has 0 bridgehead atoms. The van der Waals surface area contributed by atoms with Gasteiger partial charge in [-0.3, -0.25) is 0 Å². The van der Waals surface area contributed by atoms with Crippen molar-refractivity contribution in [2.75, 3.05) is 11.5 Å². The maximum atomic E-state index is 6.28. The van der Waals surface area contributed by atoms with Crippen molar-refractivity contribution in [1.82, 2.24) is 14.8 Å². The van der Waals surface area contributed by atoms with Gasteiger partial charge in [-0.05, 0) is 50.5 Å². The van der Waals surface area contributed by atoms with Crippen LogP contribution in [0.3, 0.4) is 0 Å². The van der Waals surface area contributed by atoms with Gasteiger partial charge in [0, 0.05) is 18.5 Å². The van der Waals surface area contributed by atoms with Crippen molar-refractivity contribution in [3.05, 3.63) is 12.2 Å². The summed E-state index contributed by atoms with van der Waals surface area (Å²) in [5.74, 6) is 4.46. The van der Waals surface area contributed by atoms with Gasteiger partial charge >= 0.3 is 0 Å². The molecule has 0 amide bonds. The molecule has 1 aromatic rings. The molecule has 0 saturated carbocycles. The lowest BCUT2D eigenvalue weighted by Crippen LogP contribution is -2.29. The van der Waals surface area contributed by atoms with Crippen LogP contribution in [0.5, 0.6) is 0 Å². The van der Waals surface area contributed by atoms with Crippen LogP contribution in [0.15, 0.2) is 6.33 Å². The van der Waals surface area contributed by atoms with Crippen LogP contribution < -0.4 is 5.73 Å². The first kappa shape index (κ1) is 13.9. The van der Waals surface area contributed by atoms with Gasteiger partial charge in [0.1, 0.15) is 12.2 Å². The number of hydrogen-bond donors (Lipinski definition) is 1. The van der Waals surface area contributed by atoms with Crippen molar-refractivity contribution >= 4 is 11.8 Å². The Kier molecular flexibility index (Phi) is 5.06. The van der Waals surface area contributed by atoms with Crippen molar-refractivity contribution in [1.29, 1.82) is 0 Å². The predicted octanol–water partition coefficient (Wildman–Crippen LogP) is 2.26. The van der Waals surface area contributed by atoms with Gasteiger partial charge in [-0.15, -0.1) is 0 Å². The van der Waals surface area contributed by atoms with E-state index in [9.17, 15) is 0 Å². The maximum absolute atomic E-state index is 6.28. The average Bonchev–Trinajstić information content (AvgIpc) is 2.78. The van der Waals surface area contributed by atoms with Crippen LogP contribution in [0.25, 0.3) is 0 Å². The Labute approximate surface area is 114 Å². The van der Waals surface area contributed by atoms with E-state index in [1.807, 2.05) is 4.68 Å². The molecular formula is C13H24N4S. The summed E-state index contributed by atoms with van der Waals surface area (Å²) in [6.07, 6.45) is 6.27. The summed E-state index contributed by atoms with van der Waals surface area (Å²) in [7, 11) is 0. The molecule has 1 fully saturated rings. The SMILES string of the molecule is CC(C)n1ncnc1CC(N)CC1CCSCC1. The molecule has 1 aliphatic heterocycles. The van der Waals surface area contributed by atoms with E-state index in [0.717, 1.165) is 24.6 Å². The van der Waals surface area contributed by atoms with E-state index < -0.39 is 0 Å². The highest BCUT2D eigenvalue weighted by Gasteiger charge is 2.19. The largest absolute Gasteiger partial charge is 0.327 e. The van der Waals surface area contributed by atoms with Crippen molar-refractivity contribution in [3.63, 3.8) is 0 Å². The van der Waals surface area contributed by atoms with Gasteiger partial charge in [0.15, 0.2) is 0 Å². The smallest absolute Gasteiger partial charge is 0.138 e. The van der Waals surface area contributed by atoms with Crippen LogP contribution in [-0.2, 0) is 6.42 Å². The van der Waals surface area contributed by atoms with E-state index in [1.165, 1.54) is 24.3 Å². The fourth-order valence-corrected chi connectivity index (χ4v) is 3.78. The maximum Gasteiger partial charge on any atom is 0.138 e. The van der Waals surface area contributed by atoms with Gasteiger partial charge in [-0.2, -0.15) is 16.9 Å². The van der Waals surface area contributed by atoms with Crippen LogP contribution in [0.2, 0.25) is 0 Å². The first-order valence-electron chi connectivity index (χ1n) is 6.88. The zero-order valence-electron chi connectivity index (χ0n) is 11.4. The number of aromatic nitrogens is 3. The van der Waals surface area contributed by atoms with Crippen molar-refractivity contribution in [2.45, 2.75) is 51.6 Å². The lowest BCUT2D eigenvalue weighted by atomic mass is 9.93. The minimum atomic E-state index is 0.222. The standard InChI is InChI=1S/C13H24N4S/c1-10(2)17-13(15-9-16-17)8-12(14)7-11-3-5-18-6-4-11/h9-12H,3-8,14H2,1-2H3. The third-order valence-corrected chi connectivity index (χ3v) is 4.61. The van der Waals surface area contributed by atoms with E-state index >= 15 is 0 Å². The van der Waals surface area contributed by atoms with Crippen molar-refractivity contribution in [3.8, 4) is 0 Å². The topological polar surface area (TPSA) is 56.7 Å². The van der Waals surface area contributed by atoms with Crippen molar-refractivity contribution in [2.24, 2.45) is 11.7 Å². The lowest BCUT2D eigenvalue weighted by molar-refractivity contribution is 0.394. The molecule has 1 atom stereocenters. The third kappa shape index (κ3) is 3.72. The molecule has 102 valence electrons. The Hall–Kier alpha value is -0.550. The molecule has 0 radical (unpaired) electrons. The van der Waals surface area contributed by atoms with Crippen LogP contribution in [0.1, 0.15) is 45.0 Å². The molecule has 0 spiro atoms. The van der Waals surface area contributed by atoms with E-state index in [0.29, 0.717) is 6.04 Å². The molecule has 18 heavy (non-hydrogen) atoms. The van der Waals surface area contributed by atoms with Gasteiger partial charge in [0.2, 0.25) is 0 Å². The second kappa shape index (κ2) is 6.57. The highest BCUT2D eigenvalue weighted by atomic mass is 32.2. The lowest BCUT2D eigenvalue weighted by Gasteiger charge is -2.24. The zero-order chi connectivity index (χ0) is 13.0. The Bertz CT molecular complexity index is 358. The molecule has 1 aliphatic rings. The quantitative estimate of drug-likeness (QED) is 0.890.